The Bertz CT molecular complexity index is 1400. The van der Waals surface area contributed by atoms with E-state index in [9.17, 15) is 9.59 Å². The van der Waals surface area contributed by atoms with Gasteiger partial charge < -0.3 is 4.98 Å². The van der Waals surface area contributed by atoms with Crippen molar-refractivity contribution in [3.63, 3.8) is 0 Å². The minimum atomic E-state index is -0.409. The first-order valence-electron chi connectivity index (χ1n) is 11.3. The first-order valence-corrected chi connectivity index (χ1v) is 11.3. The minimum absolute atomic E-state index is 0.112. The Morgan fingerprint density at radius 3 is 1.79 bits per heavy atom. The van der Waals surface area contributed by atoms with Crippen LogP contribution in [0.25, 0.3) is 10.9 Å². The predicted octanol–water partition coefficient (Wildman–Crippen LogP) is 4.70. The van der Waals surface area contributed by atoms with Gasteiger partial charge in [-0.1, -0.05) is 66.7 Å². The molecule has 160 valence electrons. The molecular weight excluding hydrogens is 410 g/mol. The van der Waals surface area contributed by atoms with Gasteiger partial charge >= 0.3 is 0 Å². The van der Waals surface area contributed by atoms with Gasteiger partial charge in [0.05, 0.1) is 18.1 Å². The summed E-state index contributed by atoms with van der Waals surface area (Å²) in [6.07, 6.45) is 1.66. The Labute approximate surface area is 190 Å². The molecule has 4 aliphatic rings. The molecule has 2 heterocycles. The van der Waals surface area contributed by atoms with Gasteiger partial charge in [0, 0.05) is 34.0 Å². The molecule has 0 spiro atoms. The van der Waals surface area contributed by atoms with Crippen LogP contribution in [-0.2, 0) is 9.59 Å². The second kappa shape index (κ2) is 6.51. The summed E-state index contributed by atoms with van der Waals surface area (Å²) in [6.45, 7) is 1.97. The first kappa shape index (κ1) is 18.6. The van der Waals surface area contributed by atoms with Gasteiger partial charge in [0.25, 0.3) is 11.8 Å². The minimum Gasteiger partial charge on any atom is -0.358 e. The molecular formula is C28H21N3O2. The standard InChI is InChI=1S/C28H21N3O2/c1-15-21(16-8-6-7-13-22(16)30-15)14-29-31-27(32)25-23-17-9-2-3-10-18(17)24(26(25)28(31)33)20-12-5-4-11-19(20)23/h2-14,23-26,30H,1H3/b29-14+. The Balaban J connectivity index is 1.34. The third-order valence-electron chi connectivity index (χ3n) is 7.67. The van der Waals surface area contributed by atoms with E-state index in [1.54, 1.807) is 6.21 Å². The Morgan fingerprint density at radius 2 is 1.24 bits per heavy atom. The van der Waals surface area contributed by atoms with E-state index in [-0.39, 0.29) is 23.7 Å². The summed E-state index contributed by atoms with van der Waals surface area (Å²) in [5.74, 6) is -1.43. The fourth-order valence-electron chi connectivity index (χ4n) is 6.36. The molecule has 1 aliphatic heterocycles. The van der Waals surface area contributed by atoms with Crippen LogP contribution in [0.1, 0.15) is 45.3 Å². The summed E-state index contributed by atoms with van der Waals surface area (Å²) in [4.78, 5) is 30.6. The van der Waals surface area contributed by atoms with Crippen molar-refractivity contribution in [3.05, 3.63) is 106 Å². The smallest absolute Gasteiger partial charge is 0.254 e. The summed E-state index contributed by atoms with van der Waals surface area (Å²) in [5.41, 5.74) is 7.53. The fourth-order valence-corrected chi connectivity index (χ4v) is 6.36. The third-order valence-corrected chi connectivity index (χ3v) is 7.67. The van der Waals surface area contributed by atoms with Crippen LogP contribution in [0.15, 0.2) is 77.9 Å². The molecule has 5 heteroatoms. The van der Waals surface area contributed by atoms with Crippen LogP contribution >= 0.6 is 0 Å². The van der Waals surface area contributed by atoms with Gasteiger partial charge in [-0.3, -0.25) is 9.59 Å². The highest BCUT2D eigenvalue weighted by atomic mass is 16.2. The maximum Gasteiger partial charge on any atom is 0.254 e. The van der Waals surface area contributed by atoms with Gasteiger partial charge in [-0.2, -0.15) is 10.1 Å². The molecule has 0 radical (unpaired) electrons. The number of rotatable bonds is 2. The van der Waals surface area contributed by atoms with Crippen molar-refractivity contribution in [2.24, 2.45) is 16.9 Å². The molecule has 0 saturated carbocycles. The van der Waals surface area contributed by atoms with Crippen LogP contribution in [0.3, 0.4) is 0 Å². The van der Waals surface area contributed by atoms with Crippen molar-refractivity contribution in [1.82, 2.24) is 9.99 Å². The van der Waals surface area contributed by atoms with Crippen LogP contribution < -0.4 is 0 Å². The maximum atomic E-state index is 13.7. The Kier molecular flexibility index (Phi) is 3.67. The maximum absolute atomic E-state index is 13.7. The number of H-pyrrole nitrogens is 1. The average Bonchev–Trinajstić information content (AvgIpc) is 3.30. The zero-order valence-corrected chi connectivity index (χ0v) is 18.0. The van der Waals surface area contributed by atoms with Crippen molar-refractivity contribution in [2.75, 3.05) is 0 Å². The van der Waals surface area contributed by atoms with Crippen LogP contribution in [0.4, 0.5) is 0 Å². The number of amides is 2. The molecule has 3 aliphatic carbocycles. The van der Waals surface area contributed by atoms with Crippen molar-refractivity contribution < 1.29 is 9.59 Å². The van der Waals surface area contributed by atoms with Crippen molar-refractivity contribution in [2.45, 2.75) is 18.8 Å². The molecule has 1 fully saturated rings. The monoisotopic (exact) mass is 431 g/mol. The predicted molar refractivity (Wildman–Crippen MR) is 126 cm³/mol. The summed E-state index contributed by atoms with van der Waals surface area (Å²) in [5, 5.41) is 6.63. The number of carbonyl (C=O) groups excluding carboxylic acids is 2. The lowest BCUT2D eigenvalue weighted by atomic mass is 9.55. The molecule has 2 unspecified atom stereocenters. The zero-order chi connectivity index (χ0) is 22.3. The van der Waals surface area contributed by atoms with E-state index in [2.05, 4.69) is 34.4 Å². The van der Waals surface area contributed by atoms with E-state index in [0.717, 1.165) is 27.2 Å². The van der Waals surface area contributed by atoms with Gasteiger partial charge in [0.2, 0.25) is 0 Å². The molecule has 33 heavy (non-hydrogen) atoms. The zero-order valence-electron chi connectivity index (χ0n) is 18.0. The van der Waals surface area contributed by atoms with Gasteiger partial charge in [-0.25, -0.2) is 0 Å². The van der Waals surface area contributed by atoms with Crippen molar-refractivity contribution in [3.8, 4) is 0 Å². The summed E-state index contributed by atoms with van der Waals surface area (Å²) >= 11 is 0. The quantitative estimate of drug-likeness (QED) is 0.369. The summed E-state index contributed by atoms with van der Waals surface area (Å²) < 4.78 is 0. The topological polar surface area (TPSA) is 65.5 Å². The number of nitrogens with zero attached hydrogens (tertiary/aromatic N) is 2. The number of hydrogen-bond donors (Lipinski definition) is 1. The lowest BCUT2D eigenvalue weighted by Gasteiger charge is -2.45. The molecule has 2 amide bonds. The summed E-state index contributed by atoms with van der Waals surface area (Å²) in [6, 6.07) is 24.5. The Morgan fingerprint density at radius 1 is 0.758 bits per heavy atom. The molecule has 5 nitrogen and oxygen atoms in total. The fraction of sp³-hybridized carbons (Fsp3) is 0.179. The van der Waals surface area contributed by atoms with E-state index in [0.29, 0.717) is 0 Å². The number of aryl methyl sites for hydroxylation is 1. The van der Waals surface area contributed by atoms with Gasteiger partial charge in [-0.05, 0) is 35.2 Å². The van der Waals surface area contributed by atoms with Crippen LogP contribution in [0.5, 0.6) is 0 Å². The van der Waals surface area contributed by atoms with Crippen molar-refractivity contribution in [1.29, 1.82) is 0 Å². The second-order valence-electron chi connectivity index (χ2n) is 9.21. The number of fused-ring (bicyclic) bond motifs is 1. The number of benzene rings is 3. The molecule has 1 N–H and O–H groups in total. The van der Waals surface area contributed by atoms with E-state index in [1.807, 2.05) is 55.5 Å². The average molecular weight is 431 g/mol. The van der Waals surface area contributed by atoms with E-state index in [1.165, 1.54) is 22.3 Å². The number of carbonyl (C=O) groups is 2. The largest absolute Gasteiger partial charge is 0.358 e. The molecule has 1 saturated heterocycles. The molecule has 2 bridgehead atoms. The Hall–Kier alpha value is -3.99. The van der Waals surface area contributed by atoms with Gasteiger partial charge in [0.1, 0.15) is 0 Å². The highest BCUT2D eigenvalue weighted by Crippen LogP contribution is 2.60. The number of aromatic nitrogens is 1. The first-order chi connectivity index (χ1) is 16.1. The lowest BCUT2D eigenvalue weighted by molar-refractivity contribution is -0.139. The van der Waals surface area contributed by atoms with E-state index >= 15 is 0 Å². The highest BCUT2D eigenvalue weighted by Gasteiger charge is 2.61. The molecule has 4 aromatic rings. The molecule has 8 rings (SSSR count). The normalized spacial score (nSPS) is 25.1. The van der Waals surface area contributed by atoms with E-state index in [4.69, 9.17) is 0 Å². The van der Waals surface area contributed by atoms with Crippen LogP contribution in [-0.4, -0.2) is 28.0 Å². The van der Waals surface area contributed by atoms with Crippen LogP contribution in [0, 0.1) is 18.8 Å². The van der Waals surface area contributed by atoms with Crippen LogP contribution in [0.2, 0.25) is 0 Å². The number of aromatic amines is 1. The second-order valence-corrected chi connectivity index (χ2v) is 9.21. The van der Waals surface area contributed by atoms with Crippen molar-refractivity contribution >= 4 is 28.9 Å². The van der Waals surface area contributed by atoms with E-state index < -0.39 is 11.8 Å². The number of imide groups is 1. The number of nitrogens with one attached hydrogen (secondary N) is 1. The number of hydrogen-bond acceptors (Lipinski definition) is 3. The molecule has 1 aromatic heterocycles. The summed E-state index contributed by atoms with van der Waals surface area (Å²) in [7, 11) is 0. The van der Waals surface area contributed by atoms with Gasteiger partial charge in [-0.15, -0.1) is 0 Å². The van der Waals surface area contributed by atoms with Gasteiger partial charge in [0.15, 0.2) is 0 Å². The molecule has 2 atom stereocenters. The number of para-hydroxylation sites is 1. The third kappa shape index (κ3) is 2.34. The number of hydrazone groups is 1. The highest BCUT2D eigenvalue weighted by molar-refractivity contribution is 6.09. The SMILES string of the molecule is Cc1[nH]c2ccccc2c1/C=N/N1C(=O)C2C3c4ccccc4C(c4ccccc43)C2C1=O. The molecule has 3 aromatic carbocycles. The lowest BCUT2D eigenvalue weighted by Crippen LogP contribution is -2.41.